The lowest BCUT2D eigenvalue weighted by Crippen LogP contribution is -2.49. The molecule has 1 aromatic heterocycles. The fourth-order valence-electron chi connectivity index (χ4n) is 6.63. The van der Waals surface area contributed by atoms with Crippen molar-refractivity contribution in [3.05, 3.63) is 65.2 Å². The number of carboxylic acid groups (broad SMARTS) is 1. The molecule has 6 unspecified atom stereocenters. The van der Waals surface area contributed by atoms with Crippen molar-refractivity contribution in [2.45, 2.75) is 76.4 Å². The summed E-state index contributed by atoms with van der Waals surface area (Å²) in [6.07, 6.45) is 6.70. The highest BCUT2D eigenvalue weighted by Crippen LogP contribution is 2.42. The summed E-state index contributed by atoms with van der Waals surface area (Å²) in [5.41, 5.74) is 8.35. The molecule has 192 valence electrons. The Morgan fingerprint density at radius 1 is 1.19 bits per heavy atom. The van der Waals surface area contributed by atoms with Gasteiger partial charge >= 0.3 is 5.97 Å². The lowest BCUT2D eigenvalue weighted by molar-refractivity contribution is -0.152. The Balaban J connectivity index is 1.25. The highest BCUT2D eigenvalue weighted by atomic mass is 19.1. The maximum atomic E-state index is 14.3. The maximum Gasteiger partial charge on any atom is 0.310 e. The average molecular weight is 495 g/mol. The Labute approximate surface area is 211 Å². The number of halogens is 1. The molecule has 1 amide bonds. The van der Waals surface area contributed by atoms with Crippen molar-refractivity contribution in [1.82, 2.24) is 21.2 Å². The Kier molecular flexibility index (Phi) is 7.08. The number of nitrogens with zero attached hydrogens (tertiary/aromatic N) is 1. The van der Waals surface area contributed by atoms with Crippen molar-refractivity contribution in [2.75, 3.05) is 0 Å². The summed E-state index contributed by atoms with van der Waals surface area (Å²) in [6.45, 7) is 1.98. The first-order chi connectivity index (χ1) is 17.3. The number of hydrogen-bond donors (Lipinski definition) is 4. The van der Waals surface area contributed by atoms with E-state index in [0.29, 0.717) is 36.8 Å². The third-order valence-corrected chi connectivity index (χ3v) is 8.53. The fourth-order valence-corrected chi connectivity index (χ4v) is 6.63. The second kappa shape index (κ2) is 10.3. The largest absolute Gasteiger partial charge is 0.481 e. The number of aromatic nitrogens is 1. The minimum Gasteiger partial charge on any atom is -0.481 e. The van der Waals surface area contributed by atoms with Crippen molar-refractivity contribution in [3.63, 3.8) is 0 Å². The molecular formula is C28H35FN4O3. The Bertz CT molecular complexity index is 1130. The molecule has 2 heterocycles. The van der Waals surface area contributed by atoms with Gasteiger partial charge in [0.25, 0.3) is 0 Å². The van der Waals surface area contributed by atoms with E-state index in [2.05, 4.69) is 27.2 Å². The van der Waals surface area contributed by atoms with Crippen molar-refractivity contribution in [1.29, 1.82) is 0 Å². The maximum absolute atomic E-state index is 14.3. The third-order valence-electron chi connectivity index (χ3n) is 8.53. The third kappa shape index (κ3) is 5.02. The van der Waals surface area contributed by atoms with Gasteiger partial charge in [-0.25, -0.2) is 9.82 Å². The molecule has 2 saturated carbocycles. The summed E-state index contributed by atoms with van der Waals surface area (Å²) in [4.78, 5) is 30.1. The molecule has 0 spiro atoms. The van der Waals surface area contributed by atoms with E-state index in [4.69, 9.17) is 0 Å². The highest BCUT2D eigenvalue weighted by Gasteiger charge is 2.46. The number of pyridine rings is 1. The predicted molar refractivity (Wildman–Crippen MR) is 133 cm³/mol. The summed E-state index contributed by atoms with van der Waals surface area (Å²) in [6, 6.07) is 10.7. The number of rotatable bonds is 6. The number of carbonyl (C=O) groups excluding carboxylic acids is 1. The first-order valence-electron chi connectivity index (χ1n) is 13.1. The van der Waals surface area contributed by atoms with Gasteiger partial charge in [-0.3, -0.25) is 20.0 Å². The molecule has 1 aliphatic heterocycles. The summed E-state index contributed by atoms with van der Waals surface area (Å²) >= 11 is 0. The predicted octanol–water partition coefficient (Wildman–Crippen LogP) is 3.84. The van der Waals surface area contributed by atoms with Crippen LogP contribution in [0.5, 0.6) is 0 Å². The number of aliphatic carboxylic acids is 1. The Morgan fingerprint density at radius 2 is 2.03 bits per heavy atom. The zero-order valence-electron chi connectivity index (χ0n) is 20.7. The van der Waals surface area contributed by atoms with Gasteiger partial charge in [-0.1, -0.05) is 24.6 Å². The van der Waals surface area contributed by atoms with Gasteiger partial charge in [-0.15, -0.1) is 0 Å². The van der Waals surface area contributed by atoms with Crippen LogP contribution < -0.4 is 16.2 Å². The second-order valence-electron chi connectivity index (χ2n) is 10.9. The molecule has 2 aliphatic carbocycles. The van der Waals surface area contributed by atoms with Crippen LogP contribution in [0.1, 0.15) is 67.8 Å². The normalized spacial score (nSPS) is 32.0. The van der Waals surface area contributed by atoms with E-state index in [9.17, 15) is 19.1 Å². The minimum absolute atomic E-state index is 0.0158. The highest BCUT2D eigenvalue weighted by molar-refractivity contribution is 5.80. The lowest BCUT2D eigenvalue weighted by atomic mass is 9.68. The zero-order valence-corrected chi connectivity index (χ0v) is 20.7. The smallest absolute Gasteiger partial charge is 0.310 e. The molecule has 4 N–H and O–H groups in total. The van der Waals surface area contributed by atoms with Crippen LogP contribution in [-0.2, 0) is 16.0 Å². The zero-order chi connectivity index (χ0) is 25.3. The molecule has 8 heteroatoms. The van der Waals surface area contributed by atoms with Crippen molar-refractivity contribution < 1.29 is 19.1 Å². The van der Waals surface area contributed by atoms with Gasteiger partial charge in [0.1, 0.15) is 5.82 Å². The van der Waals surface area contributed by atoms with Gasteiger partial charge in [0.15, 0.2) is 0 Å². The number of carboxylic acids is 1. The van der Waals surface area contributed by atoms with E-state index in [0.717, 1.165) is 31.4 Å². The Morgan fingerprint density at radius 3 is 2.81 bits per heavy atom. The standard InChI is InChI=1S/C28H35FN4O3/c1-17-13-18(10-12-30-17)25-22-14-19(8-9-24(22)32-33-25)26(34)31-21-6-4-11-28(16-21,27(35)36)15-20-5-2-3-7-23(20)29/h2-3,5,7,10,12-13,19,21-22,24-25,32-33H,4,6,8-9,11,14-16H2,1H3,(H,31,34)(H,35,36). The lowest BCUT2D eigenvalue weighted by Gasteiger charge is -2.39. The SMILES string of the molecule is Cc1cc(C2NNC3CCC(C(=O)NC4CCCC(Cc5ccccc5F)(C(=O)O)C4)CC32)ccn1. The van der Waals surface area contributed by atoms with E-state index in [-0.39, 0.29) is 36.1 Å². The van der Waals surface area contributed by atoms with E-state index < -0.39 is 11.4 Å². The minimum atomic E-state index is -1.07. The molecule has 7 nitrogen and oxygen atoms in total. The topological polar surface area (TPSA) is 103 Å². The van der Waals surface area contributed by atoms with Crippen LogP contribution >= 0.6 is 0 Å². The number of amides is 1. The number of nitrogens with one attached hydrogen (secondary N) is 3. The molecule has 0 radical (unpaired) electrons. The summed E-state index contributed by atoms with van der Waals surface area (Å²) in [5.74, 6) is -1.09. The number of carbonyl (C=O) groups is 2. The number of fused-ring (bicyclic) bond motifs is 1. The van der Waals surface area contributed by atoms with Gasteiger partial charge < -0.3 is 10.4 Å². The number of aryl methyl sites for hydroxylation is 1. The molecule has 2 aromatic rings. The van der Waals surface area contributed by atoms with E-state index in [1.165, 1.54) is 11.6 Å². The fraction of sp³-hybridized carbons (Fsp3) is 0.536. The molecule has 6 atom stereocenters. The molecule has 5 rings (SSSR count). The summed E-state index contributed by atoms with van der Waals surface area (Å²) < 4.78 is 14.3. The van der Waals surface area contributed by atoms with Gasteiger partial charge in [-0.05, 0) is 87.1 Å². The number of hydrogen-bond acceptors (Lipinski definition) is 5. The van der Waals surface area contributed by atoms with Crippen molar-refractivity contribution >= 4 is 11.9 Å². The van der Waals surface area contributed by atoms with Crippen LogP contribution in [-0.4, -0.2) is 34.1 Å². The average Bonchev–Trinajstić information content (AvgIpc) is 3.29. The molecule has 1 saturated heterocycles. The van der Waals surface area contributed by atoms with E-state index in [1.807, 2.05) is 19.2 Å². The van der Waals surface area contributed by atoms with Crippen molar-refractivity contribution in [3.8, 4) is 0 Å². The molecule has 3 fully saturated rings. The van der Waals surface area contributed by atoms with Gasteiger partial charge in [-0.2, -0.15) is 0 Å². The Hall–Kier alpha value is -2.84. The van der Waals surface area contributed by atoms with Gasteiger partial charge in [0.05, 0.1) is 11.5 Å². The first-order valence-corrected chi connectivity index (χ1v) is 13.1. The van der Waals surface area contributed by atoms with E-state index >= 15 is 0 Å². The van der Waals surface area contributed by atoms with E-state index in [1.54, 1.807) is 18.2 Å². The van der Waals surface area contributed by atoms with Gasteiger partial charge in [0, 0.05) is 29.9 Å². The molecular weight excluding hydrogens is 459 g/mol. The monoisotopic (exact) mass is 494 g/mol. The van der Waals surface area contributed by atoms with Crippen LogP contribution in [0, 0.1) is 30.0 Å². The summed E-state index contributed by atoms with van der Waals surface area (Å²) in [7, 11) is 0. The first kappa shape index (κ1) is 24.8. The molecule has 3 aliphatic rings. The van der Waals surface area contributed by atoms with Crippen LogP contribution in [0.15, 0.2) is 42.6 Å². The number of hydrazine groups is 1. The molecule has 0 bridgehead atoms. The van der Waals surface area contributed by atoms with Crippen molar-refractivity contribution in [2.24, 2.45) is 17.3 Å². The quantitative estimate of drug-likeness (QED) is 0.487. The van der Waals surface area contributed by atoms with Gasteiger partial charge in [0.2, 0.25) is 5.91 Å². The van der Waals surface area contributed by atoms with Crippen LogP contribution in [0.3, 0.4) is 0 Å². The molecule has 1 aromatic carbocycles. The second-order valence-corrected chi connectivity index (χ2v) is 10.9. The summed E-state index contributed by atoms with van der Waals surface area (Å²) in [5, 5.41) is 13.3. The van der Waals surface area contributed by atoms with Crippen LogP contribution in [0.2, 0.25) is 0 Å². The van der Waals surface area contributed by atoms with Crippen LogP contribution in [0.4, 0.5) is 4.39 Å². The van der Waals surface area contributed by atoms with Crippen LogP contribution in [0.25, 0.3) is 0 Å². The number of benzene rings is 1. The molecule has 36 heavy (non-hydrogen) atoms.